The molecule has 0 atom stereocenters. The minimum Gasteiger partial charge on any atom is -0.378 e. The van der Waals surface area contributed by atoms with Crippen molar-refractivity contribution in [2.45, 2.75) is 39.5 Å². The van der Waals surface area contributed by atoms with E-state index in [1.165, 1.54) is 10.4 Å². The van der Waals surface area contributed by atoms with Crippen LogP contribution in [0.25, 0.3) is 0 Å². The van der Waals surface area contributed by atoms with Gasteiger partial charge in [0.25, 0.3) is 0 Å². The van der Waals surface area contributed by atoms with Gasteiger partial charge in [-0.05, 0) is 11.6 Å². The average Bonchev–Trinajstić information content (AvgIpc) is 2.81. The summed E-state index contributed by atoms with van der Waals surface area (Å²) in [6.45, 7) is 5.73. The number of ether oxygens (including phenoxy) is 1. The standard InChI is InChI=1S/C16H21BrN2OS/c1-11(2)18-9-15-14(10-20-3)19-16(21-15)8-12-6-4-5-7-13(12)17/h4-7,11,18H,8-10H2,1-3H3. The first-order valence-electron chi connectivity index (χ1n) is 7.03. The van der Waals surface area contributed by atoms with Gasteiger partial charge in [0.15, 0.2) is 0 Å². The number of aromatic nitrogens is 1. The minimum absolute atomic E-state index is 0.467. The van der Waals surface area contributed by atoms with Crippen LogP contribution in [-0.2, 0) is 24.3 Å². The highest BCUT2D eigenvalue weighted by Crippen LogP contribution is 2.25. The first-order chi connectivity index (χ1) is 10.1. The Kier molecular flexibility index (Phi) is 6.36. The quantitative estimate of drug-likeness (QED) is 0.797. The summed E-state index contributed by atoms with van der Waals surface area (Å²) < 4.78 is 6.40. The van der Waals surface area contributed by atoms with Crippen LogP contribution in [0, 0.1) is 0 Å². The molecule has 3 nitrogen and oxygen atoms in total. The summed E-state index contributed by atoms with van der Waals surface area (Å²) in [5.74, 6) is 0. The van der Waals surface area contributed by atoms with Crippen molar-refractivity contribution in [1.29, 1.82) is 0 Å². The van der Waals surface area contributed by atoms with Crippen LogP contribution in [-0.4, -0.2) is 18.1 Å². The molecule has 0 aliphatic heterocycles. The van der Waals surface area contributed by atoms with Crippen molar-refractivity contribution in [3.8, 4) is 0 Å². The Labute approximate surface area is 138 Å². The maximum Gasteiger partial charge on any atom is 0.0976 e. The topological polar surface area (TPSA) is 34.1 Å². The van der Waals surface area contributed by atoms with Gasteiger partial charge in [-0.2, -0.15) is 0 Å². The zero-order valence-corrected chi connectivity index (χ0v) is 15.1. The van der Waals surface area contributed by atoms with Crippen LogP contribution in [0.3, 0.4) is 0 Å². The average molecular weight is 369 g/mol. The van der Waals surface area contributed by atoms with Crippen LogP contribution in [0.1, 0.15) is 35.0 Å². The molecule has 0 bridgehead atoms. The number of thiazole rings is 1. The van der Waals surface area contributed by atoms with Gasteiger partial charge in [-0.25, -0.2) is 4.98 Å². The number of methoxy groups -OCH3 is 1. The van der Waals surface area contributed by atoms with Gasteiger partial charge in [-0.1, -0.05) is 48.0 Å². The molecule has 1 aromatic heterocycles. The summed E-state index contributed by atoms with van der Waals surface area (Å²) in [6.07, 6.45) is 0.852. The fourth-order valence-electron chi connectivity index (χ4n) is 2.00. The van der Waals surface area contributed by atoms with Gasteiger partial charge >= 0.3 is 0 Å². The lowest BCUT2D eigenvalue weighted by Crippen LogP contribution is -2.21. The second kappa shape index (κ2) is 8.03. The van der Waals surface area contributed by atoms with Crippen LogP contribution in [0.5, 0.6) is 0 Å². The van der Waals surface area contributed by atoms with Crippen molar-refractivity contribution in [2.75, 3.05) is 7.11 Å². The molecule has 0 aliphatic carbocycles. The second-order valence-corrected chi connectivity index (χ2v) is 7.24. The predicted molar refractivity (Wildman–Crippen MR) is 91.8 cm³/mol. The number of hydrogen-bond donors (Lipinski definition) is 1. The van der Waals surface area contributed by atoms with Gasteiger partial charge in [0, 0.05) is 35.5 Å². The van der Waals surface area contributed by atoms with E-state index in [4.69, 9.17) is 9.72 Å². The first kappa shape index (κ1) is 16.6. The molecule has 0 fully saturated rings. The van der Waals surface area contributed by atoms with E-state index < -0.39 is 0 Å². The molecule has 0 spiro atoms. The van der Waals surface area contributed by atoms with Gasteiger partial charge in [0.2, 0.25) is 0 Å². The molecule has 1 N–H and O–H groups in total. The smallest absolute Gasteiger partial charge is 0.0976 e. The maximum absolute atomic E-state index is 5.27. The maximum atomic E-state index is 5.27. The Morgan fingerprint density at radius 3 is 2.76 bits per heavy atom. The molecule has 0 radical (unpaired) electrons. The number of hydrogen-bond acceptors (Lipinski definition) is 4. The molecular formula is C16H21BrN2OS. The van der Waals surface area contributed by atoms with Crippen molar-refractivity contribution in [3.63, 3.8) is 0 Å². The van der Waals surface area contributed by atoms with Gasteiger partial charge in [0.05, 0.1) is 17.3 Å². The van der Waals surface area contributed by atoms with E-state index in [0.717, 1.165) is 28.1 Å². The van der Waals surface area contributed by atoms with Crippen molar-refractivity contribution < 1.29 is 4.74 Å². The van der Waals surface area contributed by atoms with Crippen LogP contribution in [0.15, 0.2) is 28.7 Å². The number of benzene rings is 1. The number of halogens is 1. The zero-order valence-electron chi connectivity index (χ0n) is 12.6. The third-order valence-corrected chi connectivity index (χ3v) is 4.95. The molecule has 0 unspecified atom stereocenters. The Morgan fingerprint density at radius 2 is 2.10 bits per heavy atom. The summed E-state index contributed by atoms with van der Waals surface area (Å²) in [4.78, 5) is 6.02. The largest absolute Gasteiger partial charge is 0.378 e. The molecule has 0 amide bonds. The number of nitrogens with one attached hydrogen (secondary N) is 1. The van der Waals surface area contributed by atoms with Crippen LogP contribution in [0.4, 0.5) is 0 Å². The Morgan fingerprint density at radius 1 is 1.33 bits per heavy atom. The lowest BCUT2D eigenvalue weighted by Gasteiger charge is -2.07. The van der Waals surface area contributed by atoms with E-state index in [-0.39, 0.29) is 0 Å². The van der Waals surface area contributed by atoms with Crippen molar-refractivity contribution in [3.05, 3.63) is 49.9 Å². The molecule has 1 heterocycles. The van der Waals surface area contributed by atoms with Gasteiger partial charge < -0.3 is 10.1 Å². The third-order valence-electron chi connectivity index (χ3n) is 3.07. The Balaban J connectivity index is 2.16. The van der Waals surface area contributed by atoms with E-state index in [1.54, 1.807) is 18.4 Å². The first-order valence-corrected chi connectivity index (χ1v) is 8.64. The normalized spacial score (nSPS) is 11.3. The number of nitrogens with zero attached hydrogens (tertiary/aromatic N) is 1. The van der Waals surface area contributed by atoms with Gasteiger partial charge in [-0.15, -0.1) is 11.3 Å². The van der Waals surface area contributed by atoms with Crippen molar-refractivity contribution >= 4 is 27.3 Å². The van der Waals surface area contributed by atoms with Gasteiger partial charge in [-0.3, -0.25) is 0 Å². The fraction of sp³-hybridized carbons (Fsp3) is 0.438. The molecule has 1 aromatic carbocycles. The monoisotopic (exact) mass is 368 g/mol. The van der Waals surface area contributed by atoms with Crippen LogP contribution < -0.4 is 5.32 Å². The summed E-state index contributed by atoms with van der Waals surface area (Å²) in [6, 6.07) is 8.76. The van der Waals surface area contributed by atoms with E-state index in [0.29, 0.717) is 12.6 Å². The predicted octanol–water partition coefficient (Wildman–Crippen LogP) is 4.14. The summed E-state index contributed by atoms with van der Waals surface area (Å²) >= 11 is 5.37. The highest BCUT2D eigenvalue weighted by Gasteiger charge is 2.12. The highest BCUT2D eigenvalue weighted by atomic mass is 79.9. The molecule has 114 valence electrons. The van der Waals surface area contributed by atoms with Crippen molar-refractivity contribution in [1.82, 2.24) is 10.3 Å². The Hall–Kier alpha value is -0.750. The van der Waals surface area contributed by atoms with Gasteiger partial charge in [0.1, 0.15) is 0 Å². The summed E-state index contributed by atoms with van der Waals surface area (Å²) in [5, 5.41) is 4.59. The molecule has 0 aliphatic rings. The fourth-order valence-corrected chi connectivity index (χ4v) is 3.47. The molecule has 0 saturated heterocycles. The SMILES string of the molecule is COCc1nc(Cc2ccccc2Br)sc1CNC(C)C. The van der Waals surface area contributed by atoms with Crippen molar-refractivity contribution in [2.24, 2.45) is 0 Å². The Bertz CT molecular complexity index is 583. The van der Waals surface area contributed by atoms with E-state index in [1.807, 2.05) is 6.07 Å². The molecule has 0 saturated carbocycles. The third kappa shape index (κ3) is 4.88. The minimum atomic E-state index is 0.467. The summed E-state index contributed by atoms with van der Waals surface area (Å²) in [7, 11) is 1.71. The highest BCUT2D eigenvalue weighted by molar-refractivity contribution is 9.10. The second-order valence-electron chi connectivity index (χ2n) is 5.21. The summed E-state index contributed by atoms with van der Waals surface area (Å²) in [5.41, 5.74) is 2.32. The molecular weight excluding hydrogens is 348 g/mol. The molecule has 21 heavy (non-hydrogen) atoms. The lowest BCUT2D eigenvalue weighted by atomic mass is 10.2. The molecule has 5 heteroatoms. The number of rotatable bonds is 7. The molecule has 2 aromatic rings. The lowest BCUT2D eigenvalue weighted by molar-refractivity contribution is 0.181. The van der Waals surface area contributed by atoms with Crippen LogP contribution in [0.2, 0.25) is 0 Å². The van der Waals surface area contributed by atoms with Crippen LogP contribution >= 0.6 is 27.3 Å². The zero-order chi connectivity index (χ0) is 15.2. The van der Waals surface area contributed by atoms with E-state index >= 15 is 0 Å². The molecule has 2 rings (SSSR count). The van der Waals surface area contributed by atoms with E-state index in [9.17, 15) is 0 Å². The van der Waals surface area contributed by atoms with E-state index in [2.05, 4.69) is 53.3 Å².